The third-order valence-corrected chi connectivity index (χ3v) is 4.36. The van der Waals surface area contributed by atoms with Crippen LogP contribution in [0.25, 0.3) is 10.9 Å². The fourth-order valence-electron chi connectivity index (χ4n) is 2.57. The first-order valence-electron chi connectivity index (χ1n) is 7.34. The summed E-state index contributed by atoms with van der Waals surface area (Å²) >= 11 is 6.10. The number of halogens is 1. The van der Waals surface area contributed by atoms with Crippen LogP contribution in [0.1, 0.15) is 15.9 Å². The van der Waals surface area contributed by atoms with Crippen LogP contribution in [0.4, 0.5) is 5.69 Å². The Hall–Kier alpha value is -2.66. The Morgan fingerprint density at radius 2 is 1.88 bits per heavy atom. The molecule has 1 amide bonds. The molecule has 2 aromatic carbocycles. The fraction of sp³-hybridized carbons (Fsp3) is 0.167. The summed E-state index contributed by atoms with van der Waals surface area (Å²) < 4.78 is 10.6. The van der Waals surface area contributed by atoms with E-state index in [-0.39, 0.29) is 5.91 Å². The standard InChI is InChI=1S/C18H17ClN2O3/c1-10-13(19)5-4-6-14(10)21-18(22)12-9-20-15-8-17(24-3)16(23-2)7-11(12)15/h4-9,20H,1-3H3,(H,21,22). The SMILES string of the molecule is COc1cc2[nH]cc(C(=O)Nc3cccc(Cl)c3C)c2cc1OC. The van der Waals surface area contributed by atoms with Crippen LogP contribution in [0.15, 0.2) is 36.5 Å². The van der Waals surface area contributed by atoms with Gasteiger partial charge in [0.2, 0.25) is 0 Å². The zero-order chi connectivity index (χ0) is 17.3. The van der Waals surface area contributed by atoms with E-state index in [2.05, 4.69) is 10.3 Å². The Kier molecular flexibility index (Phi) is 4.36. The minimum Gasteiger partial charge on any atom is -0.493 e. The number of hydrogen-bond donors (Lipinski definition) is 2. The van der Waals surface area contributed by atoms with Crippen LogP contribution in [0, 0.1) is 6.92 Å². The molecule has 1 heterocycles. The second-order valence-electron chi connectivity index (χ2n) is 5.32. The molecule has 0 atom stereocenters. The average Bonchev–Trinajstić information content (AvgIpc) is 3.00. The first-order chi connectivity index (χ1) is 11.5. The number of aromatic nitrogens is 1. The Morgan fingerprint density at radius 1 is 1.17 bits per heavy atom. The highest BCUT2D eigenvalue weighted by atomic mass is 35.5. The summed E-state index contributed by atoms with van der Waals surface area (Å²) in [5, 5.41) is 4.26. The van der Waals surface area contributed by atoms with Crippen LogP contribution in [0.2, 0.25) is 5.02 Å². The number of carbonyl (C=O) groups excluding carboxylic acids is 1. The van der Waals surface area contributed by atoms with Gasteiger partial charge in [-0.05, 0) is 30.7 Å². The molecule has 0 aliphatic carbocycles. The van der Waals surface area contributed by atoms with Crippen molar-refractivity contribution in [3.05, 3.63) is 52.7 Å². The molecule has 3 aromatic rings. The molecule has 1 aromatic heterocycles. The lowest BCUT2D eigenvalue weighted by atomic mass is 10.1. The molecule has 124 valence electrons. The monoisotopic (exact) mass is 344 g/mol. The maximum atomic E-state index is 12.7. The van der Waals surface area contributed by atoms with Gasteiger partial charge in [-0.2, -0.15) is 0 Å². The Morgan fingerprint density at radius 3 is 2.58 bits per heavy atom. The number of benzene rings is 2. The number of aromatic amines is 1. The van der Waals surface area contributed by atoms with E-state index in [1.807, 2.05) is 13.0 Å². The molecular formula is C18H17ClN2O3. The van der Waals surface area contributed by atoms with Gasteiger partial charge in [0.05, 0.1) is 25.3 Å². The van der Waals surface area contributed by atoms with Gasteiger partial charge in [-0.1, -0.05) is 17.7 Å². The van der Waals surface area contributed by atoms with E-state index in [0.717, 1.165) is 16.5 Å². The van der Waals surface area contributed by atoms with Gasteiger partial charge >= 0.3 is 0 Å². The highest BCUT2D eigenvalue weighted by Crippen LogP contribution is 2.33. The third kappa shape index (κ3) is 2.78. The Labute approximate surface area is 144 Å². The van der Waals surface area contributed by atoms with Gasteiger partial charge in [-0.25, -0.2) is 0 Å². The van der Waals surface area contributed by atoms with Gasteiger partial charge < -0.3 is 19.8 Å². The molecule has 5 nitrogen and oxygen atoms in total. The van der Waals surface area contributed by atoms with Crippen molar-refractivity contribution < 1.29 is 14.3 Å². The Balaban J connectivity index is 1.99. The van der Waals surface area contributed by atoms with Gasteiger partial charge in [0, 0.05) is 28.4 Å². The number of rotatable bonds is 4. The zero-order valence-electron chi connectivity index (χ0n) is 13.6. The van der Waals surface area contributed by atoms with Gasteiger partial charge in [-0.15, -0.1) is 0 Å². The number of H-pyrrole nitrogens is 1. The van der Waals surface area contributed by atoms with Gasteiger partial charge in [0.25, 0.3) is 5.91 Å². The number of anilines is 1. The summed E-state index contributed by atoms with van der Waals surface area (Å²) in [7, 11) is 3.13. The van der Waals surface area contributed by atoms with Crippen molar-refractivity contribution in [3.8, 4) is 11.5 Å². The fourth-order valence-corrected chi connectivity index (χ4v) is 2.74. The van der Waals surface area contributed by atoms with Crippen LogP contribution in [0.5, 0.6) is 11.5 Å². The molecule has 24 heavy (non-hydrogen) atoms. The number of ether oxygens (including phenoxy) is 2. The predicted octanol–water partition coefficient (Wildman–Crippen LogP) is 4.40. The third-order valence-electron chi connectivity index (χ3n) is 3.95. The summed E-state index contributed by atoms with van der Waals surface area (Å²) in [6.45, 7) is 1.86. The largest absolute Gasteiger partial charge is 0.493 e. The lowest BCUT2D eigenvalue weighted by Crippen LogP contribution is -2.12. The van der Waals surface area contributed by atoms with Crippen molar-refractivity contribution in [2.24, 2.45) is 0 Å². The van der Waals surface area contributed by atoms with Gasteiger partial charge in [-0.3, -0.25) is 4.79 Å². The highest BCUT2D eigenvalue weighted by Gasteiger charge is 2.16. The van der Waals surface area contributed by atoms with Crippen LogP contribution in [0.3, 0.4) is 0 Å². The molecule has 6 heteroatoms. The number of methoxy groups -OCH3 is 2. The summed E-state index contributed by atoms with van der Waals surface area (Å²) in [5.41, 5.74) is 2.82. The molecule has 2 N–H and O–H groups in total. The lowest BCUT2D eigenvalue weighted by molar-refractivity contribution is 0.102. The molecule has 0 aliphatic heterocycles. The maximum absolute atomic E-state index is 12.7. The number of amides is 1. The molecule has 0 saturated carbocycles. The van der Waals surface area contributed by atoms with Crippen molar-refractivity contribution in [2.75, 3.05) is 19.5 Å². The van der Waals surface area contributed by atoms with E-state index >= 15 is 0 Å². The first kappa shape index (κ1) is 16.2. The summed E-state index contributed by atoms with van der Waals surface area (Å²) in [4.78, 5) is 15.7. The van der Waals surface area contributed by atoms with Gasteiger partial charge in [0.15, 0.2) is 11.5 Å². The van der Waals surface area contributed by atoms with E-state index < -0.39 is 0 Å². The minimum atomic E-state index is -0.223. The second kappa shape index (κ2) is 6.45. The molecule has 0 bridgehead atoms. The molecule has 0 unspecified atom stereocenters. The van der Waals surface area contributed by atoms with Crippen LogP contribution in [-0.2, 0) is 0 Å². The predicted molar refractivity (Wildman–Crippen MR) is 95.5 cm³/mol. The van der Waals surface area contributed by atoms with E-state index in [1.54, 1.807) is 44.7 Å². The van der Waals surface area contributed by atoms with E-state index in [1.165, 1.54) is 0 Å². The van der Waals surface area contributed by atoms with Crippen molar-refractivity contribution in [3.63, 3.8) is 0 Å². The lowest BCUT2D eigenvalue weighted by Gasteiger charge is -2.10. The molecule has 0 fully saturated rings. The first-order valence-corrected chi connectivity index (χ1v) is 7.72. The molecular weight excluding hydrogens is 328 g/mol. The minimum absolute atomic E-state index is 0.223. The smallest absolute Gasteiger partial charge is 0.257 e. The quantitative estimate of drug-likeness (QED) is 0.737. The second-order valence-corrected chi connectivity index (χ2v) is 5.73. The molecule has 3 rings (SSSR count). The van der Waals surface area contributed by atoms with Crippen molar-refractivity contribution in [1.82, 2.24) is 4.98 Å². The van der Waals surface area contributed by atoms with E-state index in [4.69, 9.17) is 21.1 Å². The molecule has 0 spiro atoms. The van der Waals surface area contributed by atoms with Crippen LogP contribution >= 0.6 is 11.6 Å². The number of carbonyl (C=O) groups is 1. The topological polar surface area (TPSA) is 63.4 Å². The summed E-state index contributed by atoms with van der Waals surface area (Å²) in [6.07, 6.45) is 1.67. The number of fused-ring (bicyclic) bond motifs is 1. The molecule has 0 saturated heterocycles. The van der Waals surface area contributed by atoms with E-state index in [0.29, 0.717) is 27.8 Å². The Bertz CT molecular complexity index is 918. The normalized spacial score (nSPS) is 10.7. The summed E-state index contributed by atoms with van der Waals surface area (Å²) in [5.74, 6) is 0.945. The van der Waals surface area contributed by atoms with Crippen LogP contribution < -0.4 is 14.8 Å². The molecule has 0 radical (unpaired) electrons. The van der Waals surface area contributed by atoms with Crippen molar-refractivity contribution in [1.29, 1.82) is 0 Å². The average molecular weight is 345 g/mol. The molecule has 0 aliphatic rings. The van der Waals surface area contributed by atoms with Crippen molar-refractivity contribution >= 4 is 34.1 Å². The summed E-state index contributed by atoms with van der Waals surface area (Å²) in [6, 6.07) is 8.99. The van der Waals surface area contributed by atoms with Gasteiger partial charge in [0.1, 0.15) is 0 Å². The number of hydrogen-bond acceptors (Lipinski definition) is 3. The zero-order valence-corrected chi connectivity index (χ0v) is 14.3. The van der Waals surface area contributed by atoms with E-state index in [9.17, 15) is 4.79 Å². The van der Waals surface area contributed by atoms with Crippen LogP contribution in [-0.4, -0.2) is 25.1 Å². The highest BCUT2D eigenvalue weighted by molar-refractivity contribution is 6.31. The maximum Gasteiger partial charge on any atom is 0.257 e. The number of nitrogens with one attached hydrogen (secondary N) is 2. The van der Waals surface area contributed by atoms with Crippen molar-refractivity contribution in [2.45, 2.75) is 6.92 Å².